The first-order chi connectivity index (χ1) is 8.27. The van der Waals surface area contributed by atoms with Gasteiger partial charge in [-0.05, 0) is 0 Å². The second-order valence-corrected chi connectivity index (χ2v) is 6.65. The molecule has 3 heterocycles. The summed E-state index contributed by atoms with van der Waals surface area (Å²) in [4.78, 5) is 0. The van der Waals surface area contributed by atoms with E-state index in [1.165, 1.54) is 22.5 Å². The maximum absolute atomic E-state index is 2.51. The third kappa shape index (κ3) is 1.74. The Morgan fingerprint density at radius 2 is 1.88 bits per heavy atom. The van der Waals surface area contributed by atoms with Gasteiger partial charge in [0.05, 0.1) is 0 Å². The number of anilines is 2. The fraction of sp³-hybridized carbons (Fsp3) is 0.231. The summed E-state index contributed by atoms with van der Waals surface area (Å²) in [7, 11) is 4.24. The van der Waals surface area contributed by atoms with E-state index in [4.69, 9.17) is 0 Å². The molecule has 0 unspecified atom stereocenters. The molecule has 0 spiro atoms. The summed E-state index contributed by atoms with van der Waals surface area (Å²) in [5.74, 6) is 2.67. The average Bonchev–Trinajstić information content (AvgIpc) is 2.75. The van der Waals surface area contributed by atoms with E-state index < -0.39 is 0 Å². The molecule has 2 aromatic rings. The molecule has 0 bridgehead atoms. The number of aromatic nitrogens is 2. The molecular weight excluding hydrogens is 271 g/mol. The first-order valence-electron chi connectivity index (χ1n) is 5.73. The second kappa shape index (κ2) is 4.14. The number of aryl methyl sites for hydroxylation is 2. The Hall–Kier alpha value is -1.36. The molecule has 0 aromatic carbocycles. The summed E-state index contributed by atoms with van der Waals surface area (Å²) < 4.78 is 6.94. The molecule has 0 N–H and O–H groups in total. The van der Waals surface area contributed by atoms with Gasteiger partial charge in [-0.1, -0.05) is 0 Å². The first-order valence-corrected chi connectivity index (χ1v) is 8.15. The number of rotatable bonds is 1. The van der Waals surface area contributed by atoms with E-state index in [-0.39, 0.29) is 15.7 Å². The molecular formula is C13H15GeN3+2. The zero-order valence-corrected chi connectivity index (χ0v) is 12.2. The predicted molar refractivity (Wildman–Crippen MR) is 66.8 cm³/mol. The van der Waals surface area contributed by atoms with Crippen molar-refractivity contribution >= 4 is 27.3 Å². The molecule has 17 heavy (non-hydrogen) atoms. The van der Waals surface area contributed by atoms with Crippen LogP contribution < -0.4 is 13.0 Å². The van der Waals surface area contributed by atoms with Gasteiger partial charge in [0.2, 0.25) is 0 Å². The fourth-order valence-electron chi connectivity index (χ4n) is 2.27. The van der Waals surface area contributed by atoms with Gasteiger partial charge in [0.15, 0.2) is 0 Å². The molecule has 3 rings (SSSR count). The fourth-order valence-corrected chi connectivity index (χ4v) is 5.32. The van der Waals surface area contributed by atoms with E-state index in [1.807, 2.05) is 0 Å². The van der Waals surface area contributed by atoms with Crippen LogP contribution in [0.5, 0.6) is 0 Å². The summed E-state index contributed by atoms with van der Waals surface area (Å²) in [6, 6.07) is 10.8. The van der Waals surface area contributed by atoms with Crippen molar-refractivity contribution < 1.29 is 9.13 Å². The van der Waals surface area contributed by atoms with Gasteiger partial charge in [-0.15, -0.1) is 0 Å². The molecule has 2 aromatic heterocycles. The maximum atomic E-state index is 2.51. The van der Waals surface area contributed by atoms with Crippen LogP contribution in [0.4, 0.5) is 11.6 Å². The third-order valence-corrected chi connectivity index (χ3v) is 5.84. The quantitative estimate of drug-likeness (QED) is 0.552. The van der Waals surface area contributed by atoms with E-state index >= 15 is 0 Å². The Balaban J connectivity index is 2.13. The summed E-state index contributed by atoms with van der Waals surface area (Å²) in [6.45, 7) is 0. The van der Waals surface area contributed by atoms with Crippen LogP contribution in [0.15, 0.2) is 42.7 Å². The molecule has 3 nitrogen and oxygen atoms in total. The Bertz CT molecular complexity index is 568. The van der Waals surface area contributed by atoms with Gasteiger partial charge < -0.3 is 0 Å². The number of nitrogens with zero attached hydrogens (tertiary/aromatic N) is 3. The molecule has 0 fully saturated rings. The Kier molecular flexibility index (Phi) is 2.63. The molecule has 2 radical (unpaired) electrons. The monoisotopic (exact) mass is 287 g/mol. The van der Waals surface area contributed by atoms with Crippen LogP contribution in [-0.4, -0.2) is 15.7 Å². The summed E-state index contributed by atoms with van der Waals surface area (Å²) in [5, 5.41) is 1.25. The molecule has 0 aliphatic carbocycles. The van der Waals surface area contributed by atoms with Crippen molar-refractivity contribution in [2.45, 2.75) is 5.25 Å². The summed E-state index contributed by atoms with van der Waals surface area (Å²) >= 11 is -0.115. The van der Waals surface area contributed by atoms with Crippen LogP contribution in [0.3, 0.4) is 0 Å². The molecule has 0 saturated heterocycles. The summed E-state index contributed by atoms with van der Waals surface area (Å²) in [6.07, 6.45) is 4.24. The predicted octanol–water partition coefficient (Wildman–Crippen LogP) is 0.606. The van der Waals surface area contributed by atoms with Gasteiger partial charge in [0.1, 0.15) is 0 Å². The molecule has 4 heteroatoms. The number of hydrogen-bond acceptors (Lipinski definition) is 1. The van der Waals surface area contributed by atoms with Crippen LogP contribution >= 0.6 is 0 Å². The second-order valence-electron chi connectivity index (χ2n) is 4.31. The van der Waals surface area contributed by atoms with Crippen molar-refractivity contribution in [1.29, 1.82) is 0 Å². The number of hydrogen-bond donors (Lipinski definition) is 0. The minimum atomic E-state index is -0.115. The van der Waals surface area contributed by atoms with E-state index in [2.05, 4.69) is 69.8 Å². The molecule has 1 aliphatic heterocycles. The minimum absolute atomic E-state index is 0.115. The van der Waals surface area contributed by atoms with Crippen molar-refractivity contribution in [3.05, 3.63) is 48.3 Å². The molecule has 0 atom stereocenters. The Labute approximate surface area is 108 Å². The summed E-state index contributed by atoms with van der Waals surface area (Å²) in [5.41, 5.74) is 1.49. The Morgan fingerprint density at radius 3 is 2.71 bits per heavy atom. The van der Waals surface area contributed by atoms with Gasteiger partial charge in [0, 0.05) is 0 Å². The van der Waals surface area contributed by atoms with Gasteiger partial charge >= 0.3 is 108 Å². The van der Waals surface area contributed by atoms with Crippen molar-refractivity contribution in [3.8, 4) is 0 Å². The van der Waals surface area contributed by atoms with Gasteiger partial charge in [-0.2, -0.15) is 0 Å². The Morgan fingerprint density at radius 1 is 1.06 bits per heavy atom. The van der Waals surface area contributed by atoms with Crippen molar-refractivity contribution in [3.63, 3.8) is 0 Å². The first kappa shape index (κ1) is 10.8. The van der Waals surface area contributed by atoms with E-state index in [0.29, 0.717) is 0 Å². The van der Waals surface area contributed by atoms with Gasteiger partial charge in [-0.3, -0.25) is 0 Å². The zero-order valence-electron chi connectivity index (χ0n) is 10.1. The number of pyridine rings is 2. The standard InChI is InChI=1S/C13H15GeN3/c1-15-8-4-3-7-12(15)17-13-11(10-14-17)6-5-9-16(13)2/h3-9H,10H2,1-2H3/q+2. The topological polar surface area (TPSA) is 11.0 Å². The molecule has 1 aliphatic rings. The van der Waals surface area contributed by atoms with Crippen molar-refractivity contribution in [2.24, 2.45) is 14.1 Å². The van der Waals surface area contributed by atoms with E-state index in [1.54, 1.807) is 0 Å². The average molecular weight is 286 g/mol. The van der Waals surface area contributed by atoms with Crippen LogP contribution in [0.1, 0.15) is 5.56 Å². The van der Waals surface area contributed by atoms with Crippen LogP contribution in [0.2, 0.25) is 0 Å². The SMILES string of the molecule is C[n+]1ccccc1[N]1[Ge][CH2]c2ccc[n+](C)c21. The van der Waals surface area contributed by atoms with Crippen LogP contribution in [-0.2, 0) is 19.3 Å². The van der Waals surface area contributed by atoms with Crippen molar-refractivity contribution in [2.75, 3.05) is 3.86 Å². The van der Waals surface area contributed by atoms with Gasteiger partial charge in [0.25, 0.3) is 0 Å². The van der Waals surface area contributed by atoms with Crippen LogP contribution in [0, 0.1) is 0 Å². The number of fused-ring (bicyclic) bond motifs is 1. The normalized spacial score (nSPS) is 13.9. The molecule has 0 saturated carbocycles. The third-order valence-electron chi connectivity index (χ3n) is 3.12. The van der Waals surface area contributed by atoms with Crippen molar-refractivity contribution in [1.82, 2.24) is 0 Å². The zero-order chi connectivity index (χ0) is 11.8. The van der Waals surface area contributed by atoms with E-state index in [0.717, 1.165) is 0 Å². The van der Waals surface area contributed by atoms with Gasteiger partial charge in [-0.25, -0.2) is 0 Å². The van der Waals surface area contributed by atoms with E-state index in [9.17, 15) is 0 Å². The van der Waals surface area contributed by atoms with Crippen LogP contribution in [0.25, 0.3) is 0 Å². The molecule has 0 amide bonds. The molecule has 84 valence electrons.